The summed E-state index contributed by atoms with van der Waals surface area (Å²) in [4.78, 5) is 71.7. The van der Waals surface area contributed by atoms with E-state index in [1.54, 1.807) is 17.3 Å². The number of aromatic nitrogens is 4. The maximum atomic E-state index is 13.8. The number of carbonyl (C=O) groups is 4. The summed E-state index contributed by atoms with van der Waals surface area (Å²) in [5.74, 6) is 13.5. The molecule has 0 bridgehead atoms. The molecule has 0 radical (unpaired) electrons. The van der Waals surface area contributed by atoms with Crippen LogP contribution in [0.25, 0.3) is 0 Å². The Balaban J connectivity index is 1.22. The summed E-state index contributed by atoms with van der Waals surface area (Å²) in [6.07, 6.45) is 4.33. The Morgan fingerprint density at radius 1 is 0.719 bits per heavy atom. The van der Waals surface area contributed by atoms with Crippen LogP contribution in [0.1, 0.15) is 114 Å². The molecule has 5 rings (SSSR count). The van der Waals surface area contributed by atoms with Gasteiger partial charge in [0.2, 0.25) is 17.7 Å². The Labute approximate surface area is 335 Å². The number of methoxy groups -OCH3 is 1. The number of nitrogens with zero attached hydrogens (tertiary/aromatic N) is 4. The minimum atomic E-state index is -0.714. The molecule has 57 heavy (non-hydrogen) atoms. The van der Waals surface area contributed by atoms with Gasteiger partial charge in [0.25, 0.3) is 0 Å². The van der Waals surface area contributed by atoms with Crippen molar-refractivity contribution < 1.29 is 23.9 Å². The van der Waals surface area contributed by atoms with Gasteiger partial charge in [-0.15, -0.1) is 0 Å². The molecule has 14 heteroatoms. The van der Waals surface area contributed by atoms with E-state index in [2.05, 4.69) is 58.1 Å². The molecule has 304 valence electrons. The number of nitrogens with one attached hydrogen (secondary N) is 4. The third-order valence-electron chi connectivity index (χ3n) is 10.6. The molecule has 0 unspecified atom stereocenters. The zero-order valence-corrected chi connectivity index (χ0v) is 34.5. The number of hydrogen-bond acceptors (Lipinski definition) is 8. The monoisotopic (exact) mass is 779 g/mol. The second-order valence-electron chi connectivity index (χ2n) is 16.5. The van der Waals surface area contributed by atoms with Gasteiger partial charge in [0.15, 0.2) is 0 Å². The maximum absolute atomic E-state index is 13.8. The summed E-state index contributed by atoms with van der Waals surface area (Å²) < 4.78 is 4.75. The van der Waals surface area contributed by atoms with Crippen LogP contribution in [0.5, 0.6) is 0 Å². The molecule has 7 atom stereocenters. The Hall–Kier alpha value is -5.60. The van der Waals surface area contributed by atoms with E-state index >= 15 is 0 Å². The Kier molecular flexibility index (Phi) is 13.9. The second-order valence-corrected chi connectivity index (χ2v) is 16.5. The molecule has 1 aromatic carbocycles. The standard InChI is InChI=1S/C43H57N9O5/c1-24(2)35(44)40(53)49-36(25(3)4)41(54)51-22-27(7)18-33(51)38-45-20-31(47-38)16-14-29-10-12-30(13-11-29)15-17-32-21-46-39(48-32)34-19-28(8)23-52(34)42(55)37(26(5)6)50-43(56)57-9/h10-13,20-21,24-28,33-37H,18-19,22-23,44H2,1-9H3,(H,45,47)(H,46,48)(H,49,53)(H,50,56)/t27-,28-,33-,34-,35-,36-,37-/m0/s1. The number of benzene rings is 1. The Morgan fingerprint density at radius 2 is 1.14 bits per heavy atom. The van der Waals surface area contributed by atoms with Gasteiger partial charge in [0.05, 0.1) is 25.2 Å². The van der Waals surface area contributed by atoms with Gasteiger partial charge in [-0.25, -0.2) is 14.8 Å². The molecule has 6 N–H and O–H groups in total. The van der Waals surface area contributed by atoms with Crippen molar-refractivity contribution in [1.82, 2.24) is 40.4 Å². The van der Waals surface area contributed by atoms with Crippen LogP contribution >= 0.6 is 0 Å². The topological polar surface area (TPSA) is 191 Å². The quantitative estimate of drug-likeness (QED) is 0.189. The molecule has 2 fully saturated rings. The lowest BCUT2D eigenvalue weighted by molar-refractivity contribution is -0.139. The number of likely N-dealkylation sites (tertiary alicyclic amines) is 2. The number of ether oxygens (including phenoxy) is 1. The van der Waals surface area contributed by atoms with E-state index in [9.17, 15) is 19.2 Å². The van der Waals surface area contributed by atoms with Crippen LogP contribution in [0.4, 0.5) is 4.79 Å². The number of aromatic amines is 2. The first-order valence-electron chi connectivity index (χ1n) is 19.8. The lowest BCUT2D eigenvalue weighted by Gasteiger charge is -2.31. The molecule has 4 amide bonds. The summed E-state index contributed by atoms with van der Waals surface area (Å²) in [6.45, 7) is 16.7. The van der Waals surface area contributed by atoms with E-state index in [1.165, 1.54) is 7.11 Å². The fourth-order valence-electron chi connectivity index (χ4n) is 7.27. The highest BCUT2D eigenvalue weighted by Crippen LogP contribution is 2.36. The summed E-state index contributed by atoms with van der Waals surface area (Å²) in [6, 6.07) is 4.93. The van der Waals surface area contributed by atoms with E-state index < -0.39 is 24.2 Å². The van der Waals surface area contributed by atoms with Gasteiger partial charge in [-0.2, -0.15) is 0 Å². The lowest BCUT2D eigenvalue weighted by atomic mass is 9.99. The third-order valence-corrected chi connectivity index (χ3v) is 10.6. The first kappa shape index (κ1) is 42.5. The number of carbonyl (C=O) groups excluding carboxylic acids is 4. The van der Waals surface area contributed by atoms with Crippen LogP contribution in [0, 0.1) is 53.3 Å². The van der Waals surface area contributed by atoms with Crippen molar-refractivity contribution >= 4 is 23.8 Å². The van der Waals surface area contributed by atoms with Crippen molar-refractivity contribution in [2.45, 2.75) is 98.4 Å². The number of rotatable bonds is 10. The largest absolute Gasteiger partial charge is 0.453 e. The highest BCUT2D eigenvalue weighted by Gasteiger charge is 2.41. The van der Waals surface area contributed by atoms with Crippen LogP contribution < -0.4 is 16.4 Å². The zero-order valence-electron chi connectivity index (χ0n) is 34.5. The summed E-state index contributed by atoms with van der Waals surface area (Å²) >= 11 is 0. The lowest BCUT2D eigenvalue weighted by Crippen LogP contribution is -2.55. The predicted octanol–water partition coefficient (Wildman–Crippen LogP) is 4.26. The molecular formula is C43H57N9O5. The smallest absolute Gasteiger partial charge is 0.407 e. The van der Waals surface area contributed by atoms with Crippen molar-refractivity contribution in [3.8, 4) is 23.7 Å². The molecule has 2 aliphatic rings. The molecular weight excluding hydrogens is 723 g/mol. The molecule has 4 heterocycles. The number of amides is 4. The molecule has 2 aliphatic heterocycles. The molecule has 0 spiro atoms. The van der Waals surface area contributed by atoms with Gasteiger partial charge in [-0.3, -0.25) is 14.4 Å². The second kappa shape index (κ2) is 18.6. The zero-order chi connectivity index (χ0) is 41.6. The van der Waals surface area contributed by atoms with Crippen molar-refractivity contribution in [2.24, 2.45) is 35.3 Å². The minimum absolute atomic E-state index is 0.0486. The number of imidazole rings is 2. The van der Waals surface area contributed by atoms with Gasteiger partial charge in [-0.05, 0) is 78.5 Å². The van der Waals surface area contributed by atoms with E-state index in [-0.39, 0.29) is 59.4 Å². The average molecular weight is 780 g/mol. The molecule has 0 aliphatic carbocycles. The Bertz CT molecular complexity index is 2030. The number of nitrogens with two attached hydrogens (primary N) is 1. The third kappa shape index (κ3) is 10.4. The van der Waals surface area contributed by atoms with Gasteiger partial charge >= 0.3 is 6.09 Å². The van der Waals surface area contributed by atoms with Gasteiger partial charge < -0.3 is 40.9 Å². The van der Waals surface area contributed by atoms with Gasteiger partial charge in [-0.1, -0.05) is 67.2 Å². The number of alkyl carbamates (subject to hydrolysis) is 1. The van der Waals surface area contributed by atoms with Crippen molar-refractivity contribution in [2.75, 3.05) is 20.2 Å². The fourth-order valence-corrected chi connectivity index (χ4v) is 7.27. The van der Waals surface area contributed by atoms with Crippen molar-refractivity contribution in [1.29, 1.82) is 0 Å². The van der Waals surface area contributed by atoms with Crippen molar-refractivity contribution in [3.05, 3.63) is 70.8 Å². The SMILES string of the molecule is COC(=O)N[C@H](C(=O)N1C[C@@H](C)C[C@H]1c1nc(C#Cc2ccc(C#Cc3c[nH]c([C@@H]4C[C@H](C)CN4C(=O)[C@@H](NC(=O)[C@@H](N)C(C)C)C(C)C)n3)cc2)c[nH]1)C(C)C. The maximum Gasteiger partial charge on any atom is 0.407 e. The first-order valence-corrected chi connectivity index (χ1v) is 19.8. The predicted molar refractivity (Wildman–Crippen MR) is 216 cm³/mol. The van der Waals surface area contributed by atoms with E-state index in [0.717, 1.165) is 24.0 Å². The molecule has 2 saturated heterocycles. The fraction of sp³-hybridized carbons (Fsp3) is 0.535. The van der Waals surface area contributed by atoms with E-state index in [1.807, 2.05) is 70.7 Å². The molecule has 3 aromatic rings. The highest BCUT2D eigenvalue weighted by molar-refractivity contribution is 5.90. The summed E-state index contributed by atoms with van der Waals surface area (Å²) in [5.41, 5.74) is 8.77. The van der Waals surface area contributed by atoms with Crippen LogP contribution in [0.3, 0.4) is 0 Å². The summed E-state index contributed by atoms with van der Waals surface area (Å²) in [5, 5.41) is 5.59. The van der Waals surface area contributed by atoms with Crippen LogP contribution in [-0.4, -0.2) is 91.9 Å². The normalized spacial score (nSPS) is 20.7. The van der Waals surface area contributed by atoms with E-state index in [0.29, 0.717) is 36.1 Å². The molecule has 2 aromatic heterocycles. The van der Waals surface area contributed by atoms with Crippen LogP contribution in [0.2, 0.25) is 0 Å². The first-order chi connectivity index (χ1) is 27.1. The van der Waals surface area contributed by atoms with E-state index in [4.69, 9.17) is 20.4 Å². The van der Waals surface area contributed by atoms with Gasteiger partial charge in [0.1, 0.15) is 35.1 Å². The minimum Gasteiger partial charge on any atom is -0.453 e. The molecule has 14 nitrogen and oxygen atoms in total. The van der Waals surface area contributed by atoms with Gasteiger partial charge in [0, 0.05) is 36.6 Å². The molecule has 0 saturated carbocycles. The number of H-pyrrole nitrogens is 2. The highest BCUT2D eigenvalue weighted by atomic mass is 16.5. The summed E-state index contributed by atoms with van der Waals surface area (Å²) in [7, 11) is 1.28. The Morgan fingerprint density at radius 3 is 1.53 bits per heavy atom. The average Bonchev–Trinajstić information content (AvgIpc) is 4.00. The van der Waals surface area contributed by atoms with Crippen LogP contribution in [0.15, 0.2) is 36.7 Å². The van der Waals surface area contributed by atoms with Crippen LogP contribution in [-0.2, 0) is 19.1 Å². The number of hydrogen-bond donors (Lipinski definition) is 5. The van der Waals surface area contributed by atoms with Crippen molar-refractivity contribution in [3.63, 3.8) is 0 Å².